The molecule has 0 saturated carbocycles. The molecule has 0 unspecified atom stereocenters. The first kappa shape index (κ1) is 16.4. The molecule has 0 bridgehead atoms. The van der Waals surface area contributed by atoms with Crippen LogP contribution in [0, 0.1) is 5.41 Å². The SMILES string of the molecule is CCOCC(=O)N1CCC2(CCN(Cc3cccnc3)C2)CC1. The predicted octanol–water partition coefficient (Wildman–Crippen LogP) is 1.93. The molecule has 3 heterocycles. The van der Waals surface area contributed by atoms with E-state index in [0.29, 0.717) is 12.0 Å². The molecule has 3 rings (SSSR count). The molecule has 0 aliphatic carbocycles. The van der Waals surface area contributed by atoms with Crippen LogP contribution in [0.15, 0.2) is 24.5 Å². The largest absolute Gasteiger partial charge is 0.372 e. The Labute approximate surface area is 138 Å². The molecule has 2 saturated heterocycles. The first-order valence-corrected chi connectivity index (χ1v) is 8.68. The Morgan fingerprint density at radius 2 is 2.09 bits per heavy atom. The second-order valence-corrected chi connectivity index (χ2v) is 6.84. The van der Waals surface area contributed by atoms with Crippen LogP contribution in [0.5, 0.6) is 0 Å². The number of carbonyl (C=O) groups is 1. The molecule has 1 aromatic heterocycles. The van der Waals surface area contributed by atoms with Crippen LogP contribution >= 0.6 is 0 Å². The number of pyridine rings is 1. The van der Waals surface area contributed by atoms with Gasteiger partial charge in [-0.15, -0.1) is 0 Å². The predicted molar refractivity (Wildman–Crippen MR) is 88.9 cm³/mol. The molecule has 5 heteroatoms. The quantitative estimate of drug-likeness (QED) is 0.832. The number of aromatic nitrogens is 1. The van der Waals surface area contributed by atoms with Gasteiger partial charge in [0.2, 0.25) is 5.91 Å². The highest BCUT2D eigenvalue weighted by atomic mass is 16.5. The minimum absolute atomic E-state index is 0.145. The van der Waals surface area contributed by atoms with E-state index in [4.69, 9.17) is 4.74 Å². The third kappa shape index (κ3) is 4.09. The lowest BCUT2D eigenvalue weighted by molar-refractivity contribution is -0.138. The van der Waals surface area contributed by atoms with Crippen LogP contribution in [0.4, 0.5) is 0 Å². The van der Waals surface area contributed by atoms with Gasteiger partial charge < -0.3 is 9.64 Å². The average molecular weight is 317 g/mol. The highest BCUT2D eigenvalue weighted by Gasteiger charge is 2.41. The molecule has 1 amide bonds. The zero-order chi connectivity index (χ0) is 16.1. The smallest absolute Gasteiger partial charge is 0.248 e. The van der Waals surface area contributed by atoms with E-state index in [0.717, 1.165) is 45.6 Å². The van der Waals surface area contributed by atoms with Gasteiger partial charge in [-0.25, -0.2) is 0 Å². The van der Waals surface area contributed by atoms with Crippen LogP contribution in [-0.4, -0.2) is 60.1 Å². The summed E-state index contributed by atoms with van der Waals surface area (Å²) in [5, 5.41) is 0. The van der Waals surface area contributed by atoms with Crippen molar-refractivity contribution in [2.24, 2.45) is 5.41 Å². The molecule has 2 aliphatic heterocycles. The fourth-order valence-electron chi connectivity index (χ4n) is 3.83. The highest BCUT2D eigenvalue weighted by Crippen LogP contribution is 2.40. The number of nitrogens with zero attached hydrogens (tertiary/aromatic N) is 3. The monoisotopic (exact) mass is 317 g/mol. The summed E-state index contributed by atoms with van der Waals surface area (Å²) < 4.78 is 5.24. The van der Waals surface area contributed by atoms with Gasteiger partial charge in [-0.2, -0.15) is 0 Å². The van der Waals surface area contributed by atoms with Gasteiger partial charge in [0, 0.05) is 45.2 Å². The molecule has 2 fully saturated rings. The molecular formula is C18H27N3O2. The molecule has 0 atom stereocenters. The Balaban J connectivity index is 1.48. The Hall–Kier alpha value is -1.46. The van der Waals surface area contributed by atoms with Crippen LogP contribution in [0.2, 0.25) is 0 Å². The van der Waals surface area contributed by atoms with E-state index < -0.39 is 0 Å². The van der Waals surface area contributed by atoms with Crippen molar-refractivity contribution in [3.8, 4) is 0 Å². The number of amides is 1. The molecule has 2 aliphatic rings. The minimum atomic E-state index is 0.145. The minimum Gasteiger partial charge on any atom is -0.372 e. The van der Waals surface area contributed by atoms with Crippen LogP contribution in [0.25, 0.3) is 0 Å². The summed E-state index contributed by atoms with van der Waals surface area (Å²) in [6.07, 6.45) is 7.27. The van der Waals surface area contributed by atoms with Gasteiger partial charge in [-0.1, -0.05) is 6.07 Å². The summed E-state index contributed by atoms with van der Waals surface area (Å²) in [4.78, 5) is 20.8. The Morgan fingerprint density at radius 1 is 1.30 bits per heavy atom. The fourth-order valence-corrected chi connectivity index (χ4v) is 3.83. The van der Waals surface area contributed by atoms with Crippen molar-refractivity contribution < 1.29 is 9.53 Å². The molecule has 0 aromatic carbocycles. The fraction of sp³-hybridized carbons (Fsp3) is 0.667. The maximum atomic E-state index is 12.0. The maximum Gasteiger partial charge on any atom is 0.248 e. The second kappa shape index (κ2) is 7.41. The van der Waals surface area contributed by atoms with E-state index in [-0.39, 0.29) is 12.5 Å². The summed E-state index contributed by atoms with van der Waals surface area (Å²) in [6.45, 7) is 7.82. The van der Waals surface area contributed by atoms with Gasteiger partial charge in [-0.3, -0.25) is 14.7 Å². The normalized spacial score (nSPS) is 21.0. The van der Waals surface area contributed by atoms with Crippen molar-refractivity contribution in [2.75, 3.05) is 39.4 Å². The first-order valence-electron chi connectivity index (χ1n) is 8.68. The van der Waals surface area contributed by atoms with Gasteiger partial charge in [-0.05, 0) is 49.8 Å². The lowest BCUT2D eigenvalue weighted by Gasteiger charge is -2.39. The van der Waals surface area contributed by atoms with E-state index in [1.165, 1.54) is 12.0 Å². The number of ether oxygens (including phenoxy) is 1. The van der Waals surface area contributed by atoms with Crippen LogP contribution in [-0.2, 0) is 16.1 Å². The second-order valence-electron chi connectivity index (χ2n) is 6.84. The van der Waals surface area contributed by atoms with Gasteiger partial charge >= 0.3 is 0 Å². The third-order valence-corrected chi connectivity index (χ3v) is 5.25. The van der Waals surface area contributed by atoms with E-state index in [1.54, 1.807) is 0 Å². The van der Waals surface area contributed by atoms with Crippen LogP contribution in [0.3, 0.4) is 0 Å². The number of rotatable bonds is 5. The Bertz CT molecular complexity index is 512. The van der Waals surface area contributed by atoms with E-state index in [2.05, 4.69) is 16.0 Å². The van der Waals surface area contributed by atoms with Gasteiger partial charge in [0.25, 0.3) is 0 Å². The van der Waals surface area contributed by atoms with Crippen molar-refractivity contribution in [2.45, 2.75) is 32.7 Å². The van der Waals surface area contributed by atoms with Crippen molar-refractivity contribution in [1.82, 2.24) is 14.8 Å². The molecule has 1 spiro atoms. The molecule has 5 nitrogen and oxygen atoms in total. The third-order valence-electron chi connectivity index (χ3n) is 5.25. The lowest BCUT2D eigenvalue weighted by Crippen LogP contribution is -2.45. The van der Waals surface area contributed by atoms with Crippen molar-refractivity contribution in [3.05, 3.63) is 30.1 Å². The molecular weight excluding hydrogens is 290 g/mol. The lowest BCUT2D eigenvalue weighted by atomic mass is 9.78. The van der Waals surface area contributed by atoms with Gasteiger partial charge in [0.15, 0.2) is 0 Å². The number of piperidine rings is 1. The van der Waals surface area contributed by atoms with Gasteiger partial charge in [0.05, 0.1) is 0 Å². The van der Waals surface area contributed by atoms with E-state index in [9.17, 15) is 4.79 Å². The van der Waals surface area contributed by atoms with E-state index in [1.807, 2.05) is 30.3 Å². The maximum absolute atomic E-state index is 12.0. The summed E-state index contributed by atoms with van der Waals surface area (Å²) in [5.41, 5.74) is 1.69. The highest BCUT2D eigenvalue weighted by molar-refractivity contribution is 5.77. The standard InChI is InChI=1S/C18H27N3O2/c1-2-23-14-17(22)21-10-6-18(7-11-21)5-9-20(15-18)13-16-4-3-8-19-12-16/h3-4,8,12H,2,5-7,9-11,13-15H2,1H3. The molecule has 126 valence electrons. The number of hydrogen-bond donors (Lipinski definition) is 0. The Kier molecular flexibility index (Phi) is 5.28. The summed E-state index contributed by atoms with van der Waals surface area (Å²) in [5.74, 6) is 0.145. The number of carbonyl (C=O) groups excluding carboxylic acids is 1. The average Bonchev–Trinajstić information content (AvgIpc) is 2.96. The summed E-state index contributed by atoms with van der Waals surface area (Å²) >= 11 is 0. The van der Waals surface area contributed by atoms with E-state index >= 15 is 0 Å². The van der Waals surface area contributed by atoms with Crippen molar-refractivity contribution >= 4 is 5.91 Å². The molecule has 23 heavy (non-hydrogen) atoms. The zero-order valence-electron chi connectivity index (χ0n) is 14.0. The molecule has 0 N–H and O–H groups in total. The number of hydrogen-bond acceptors (Lipinski definition) is 4. The van der Waals surface area contributed by atoms with Crippen molar-refractivity contribution in [1.29, 1.82) is 0 Å². The summed E-state index contributed by atoms with van der Waals surface area (Å²) in [7, 11) is 0. The number of likely N-dealkylation sites (tertiary alicyclic amines) is 2. The Morgan fingerprint density at radius 3 is 2.78 bits per heavy atom. The first-order chi connectivity index (χ1) is 11.2. The van der Waals surface area contributed by atoms with Crippen molar-refractivity contribution in [3.63, 3.8) is 0 Å². The summed E-state index contributed by atoms with van der Waals surface area (Å²) in [6, 6.07) is 4.15. The zero-order valence-corrected chi connectivity index (χ0v) is 14.0. The van der Waals surface area contributed by atoms with Crippen LogP contribution in [0.1, 0.15) is 31.7 Å². The molecule has 1 aromatic rings. The topological polar surface area (TPSA) is 45.7 Å². The van der Waals surface area contributed by atoms with Gasteiger partial charge in [0.1, 0.15) is 6.61 Å². The van der Waals surface area contributed by atoms with Crippen LogP contribution < -0.4 is 0 Å². The molecule has 0 radical (unpaired) electrons.